The molecule has 3 heteroatoms. The highest BCUT2D eigenvalue weighted by Crippen LogP contribution is 2.25. The predicted octanol–water partition coefficient (Wildman–Crippen LogP) is 3.86. The van der Waals surface area contributed by atoms with Gasteiger partial charge in [-0.3, -0.25) is 0 Å². The van der Waals surface area contributed by atoms with Crippen molar-refractivity contribution in [2.24, 2.45) is 5.92 Å². The SMILES string of the molecule is Cc1ccc(S(=O)(=O)/C=C/C2CCCCC2)cc1. The molecule has 0 N–H and O–H groups in total. The van der Waals surface area contributed by atoms with E-state index in [1.165, 1.54) is 24.7 Å². The van der Waals surface area contributed by atoms with Crippen LogP contribution >= 0.6 is 0 Å². The van der Waals surface area contributed by atoms with E-state index in [0.29, 0.717) is 10.8 Å². The summed E-state index contributed by atoms with van der Waals surface area (Å²) in [6.45, 7) is 1.95. The van der Waals surface area contributed by atoms with Crippen LogP contribution < -0.4 is 0 Å². The Morgan fingerprint density at radius 3 is 2.28 bits per heavy atom. The number of hydrogen-bond donors (Lipinski definition) is 0. The van der Waals surface area contributed by atoms with Crippen molar-refractivity contribution in [1.29, 1.82) is 0 Å². The molecule has 2 rings (SSSR count). The Kier molecular flexibility index (Phi) is 4.23. The molecule has 0 aromatic heterocycles. The molecular formula is C15H20O2S. The third-order valence-electron chi connectivity index (χ3n) is 3.53. The number of rotatable bonds is 3. The molecule has 2 nitrogen and oxygen atoms in total. The lowest BCUT2D eigenvalue weighted by atomic mass is 9.90. The fourth-order valence-electron chi connectivity index (χ4n) is 2.35. The van der Waals surface area contributed by atoms with Crippen LogP contribution in [0.15, 0.2) is 40.6 Å². The lowest BCUT2D eigenvalue weighted by Gasteiger charge is -2.17. The van der Waals surface area contributed by atoms with Gasteiger partial charge in [-0.1, -0.05) is 43.0 Å². The average molecular weight is 264 g/mol. The Bertz CT molecular complexity index is 506. The van der Waals surface area contributed by atoms with Crippen LogP contribution in [0.1, 0.15) is 37.7 Å². The van der Waals surface area contributed by atoms with Crippen LogP contribution in [0.2, 0.25) is 0 Å². The molecule has 1 aliphatic rings. The fraction of sp³-hybridized carbons (Fsp3) is 0.467. The minimum absolute atomic E-state index is 0.389. The zero-order valence-electron chi connectivity index (χ0n) is 10.8. The summed E-state index contributed by atoms with van der Waals surface area (Å²) in [5.41, 5.74) is 1.07. The zero-order chi connectivity index (χ0) is 13.0. The molecule has 0 amide bonds. The molecular weight excluding hydrogens is 244 g/mol. The summed E-state index contributed by atoms with van der Waals surface area (Å²) >= 11 is 0. The molecule has 0 unspecified atom stereocenters. The summed E-state index contributed by atoms with van der Waals surface area (Å²) in [6.07, 6.45) is 7.86. The maximum atomic E-state index is 12.1. The number of aryl methyl sites for hydroxylation is 1. The maximum Gasteiger partial charge on any atom is 0.199 e. The molecule has 0 saturated heterocycles. The quantitative estimate of drug-likeness (QED) is 0.830. The molecule has 0 aliphatic heterocycles. The van der Waals surface area contributed by atoms with E-state index in [2.05, 4.69) is 0 Å². The van der Waals surface area contributed by atoms with Crippen molar-refractivity contribution < 1.29 is 8.42 Å². The first-order valence-corrected chi connectivity index (χ1v) is 8.12. The molecule has 1 aromatic carbocycles. The first-order chi connectivity index (χ1) is 8.58. The van der Waals surface area contributed by atoms with Crippen LogP contribution in [0.5, 0.6) is 0 Å². The Morgan fingerprint density at radius 1 is 1.06 bits per heavy atom. The Labute approximate surface area is 110 Å². The summed E-state index contributed by atoms with van der Waals surface area (Å²) in [5.74, 6) is 0.443. The van der Waals surface area contributed by atoms with Crippen LogP contribution in [0.4, 0.5) is 0 Å². The highest BCUT2D eigenvalue weighted by molar-refractivity contribution is 7.94. The molecule has 0 radical (unpaired) electrons. The third-order valence-corrected chi connectivity index (χ3v) is 4.97. The maximum absolute atomic E-state index is 12.1. The largest absolute Gasteiger partial charge is 0.219 e. The molecule has 1 saturated carbocycles. The summed E-state index contributed by atoms with van der Waals surface area (Å²) < 4.78 is 24.2. The highest BCUT2D eigenvalue weighted by atomic mass is 32.2. The van der Waals surface area contributed by atoms with E-state index < -0.39 is 9.84 Å². The molecule has 1 aliphatic carbocycles. The number of benzene rings is 1. The van der Waals surface area contributed by atoms with E-state index in [-0.39, 0.29) is 0 Å². The lowest BCUT2D eigenvalue weighted by molar-refractivity contribution is 0.419. The van der Waals surface area contributed by atoms with Gasteiger partial charge in [0.1, 0.15) is 0 Å². The summed E-state index contributed by atoms with van der Waals surface area (Å²) in [7, 11) is -3.26. The topological polar surface area (TPSA) is 34.1 Å². The van der Waals surface area contributed by atoms with E-state index in [9.17, 15) is 8.42 Å². The van der Waals surface area contributed by atoms with Crippen molar-refractivity contribution in [3.05, 3.63) is 41.3 Å². The van der Waals surface area contributed by atoms with Gasteiger partial charge in [0, 0.05) is 5.41 Å². The number of hydrogen-bond acceptors (Lipinski definition) is 2. The van der Waals surface area contributed by atoms with Gasteiger partial charge in [-0.05, 0) is 37.8 Å². The van der Waals surface area contributed by atoms with Gasteiger partial charge in [-0.15, -0.1) is 0 Å². The Balaban J connectivity index is 2.11. The van der Waals surface area contributed by atoms with Crippen LogP contribution in [-0.4, -0.2) is 8.42 Å². The highest BCUT2D eigenvalue weighted by Gasteiger charge is 2.13. The number of sulfone groups is 1. The van der Waals surface area contributed by atoms with Gasteiger partial charge in [0.15, 0.2) is 9.84 Å². The summed E-state index contributed by atoms with van der Waals surface area (Å²) in [6, 6.07) is 7.02. The van der Waals surface area contributed by atoms with Crippen molar-refractivity contribution in [1.82, 2.24) is 0 Å². The Hall–Kier alpha value is -1.09. The predicted molar refractivity (Wildman–Crippen MR) is 74.1 cm³/mol. The van der Waals surface area contributed by atoms with Gasteiger partial charge >= 0.3 is 0 Å². The Morgan fingerprint density at radius 2 is 1.67 bits per heavy atom. The fourth-order valence-corrected chi connectivity index (χ4v) is 3.45. The van der Waals surface area contributed by atoms with E-state index in [4.69, 9.17) is 0 Å². The van der Waals surface area contributed by atoms with Crippen LogP contribution in [0.25, 0.3) is 0 Å². The van der Waals surface area contributed by atoms with Crippen LogP contribution in [0.3, 0.4) is 0 Å². The average Bonchev–Trinajstić information content (AvgIpc) is 2.38. The number of allylic oxidation sites excluding steroid dienone is 1. The second kappa shape index (κ2) is 5.70. The van der Waals surface area contributed by atoms with Crippen molar-refractivity contribution in [2.75, 3.05) is 0 Å². The first-order valence-electron chi connectivity index (χ1n) is 6.58. The molecule has 0 bridgehead atoms. The minimum Gasteiger partial charge on any atom is -0.219 e. The van der Waals surface area contributed by atoms with Gasteiger partial charge in [-0.25, -0.2) is 8.42 Å². The standard InChI is InChI=1S/C15H20O2S/c1-13-7-9-15(10-8-13)18(16,17)12-11-14-5-3-2-4-6-14/h7-12,14H,2-6H2,1H3/b12-11+. The van der Waals surface area contributed by atoms with Gasteiger partial charge in [0.05, 0.1) is 4.90 Å². The van der Waals surface area contributed by atoms with E-state index in [1.54, 1.807) is 12.1 Å². The lowest BCUT2D eigenvalue weighted by Crippen LogP contribution is -2.04. The summed E-state index contributed by atoms with van der Waals surface area (Å²) in [4.78, 5) is 0.389. The summed E-state index contributed by atoms with van der Waals surface area (Å²) in [5, 5.41) is 1.40. The third kappa shape index (κ3) is 3.45. The van der Waals surface area contributed by atoms with Crippen molar-refractivity contribution >= 4 is 9.84 Å². The molecule has 1 fully saturated rings. The van der Waals surface area contributed by atoms with E-state index in [1.807, 2.05) is 25.1 Å². The first kappa shape index (κ1) is 13.3. The second-order valence-corrected chi connectivity index (χ2v) is 6.92. The molecule has 0 atom stereocenters. The van der Waals surface area contributed by atoms with Gasteiger partial charge in [0.2, 0.25) is 0 Å². The molecule has 98 valence electrons. The monoisotopic (exact) mass is 264 g/mol. The molecule has 0 spiro atoms. The second-order valence-electron chi connectivity index (χ2n) is 5.08. The van der Waals surface area contributed by atoms with E-state index >= 15 is 0 Å². The van der Waals surface area contributed by atoms with Gasteiger partial charge in [0.25, 0.3) is 0 Å². The normalized spacial score (nSPS) is 18.3. The minimum atomic E-state index is -3.26. The smallest absolute Gasteiger partial charge is 0.199 e. The molecule has 1 aromatic rings. The van der Waals surface area contributed by atoms with Crippen molar-refractivity contribution in [3.63, 3.8) is 0 Å². The molecule has 18 heavy (non-hydrogen) atoms. The zero-order valence-corrected chi connectivity index (χ0v) is 11.6. The van der Waals surface area contributed by atoms with Crippen LogP contribution in [-0.2, 0) is 9.84 Å². The van der Waals surface area contributed by atoms with Crippen molar-refractivity contribution in [2.45, 2.75) is 43.9 Å². The van der Waals surface area contributed by atoms with E-state index in [0.717, 1.165) is 18.4 Å². The van der Waals surface area contributed by atoms with Gasteiger partial charge < -0.3 is 0 Å². The molecule has 0 heterocycles. The van der Waals surface area contributed by atoms with Gasteiger partial charge in [-0.2, -0.15) is 0 Å². The van der Waals surface area contributed by atoms with Crippen LogP contribution in [0, 0.1) is 12.8 Å². The van der Waals surface area contributed by atoms with Crippen molar-refractivity contribution in [3.8, 4) is 0 Å².